The molecule has 390 valence electrons. The number of fused-ring (bicyclic) bond motifs is 2. The van der Waals surface area contributed by atoms with E-state index in [0.29, 0.717) is 71.8 Å². The van der Waals surface area contributed by atoms with E-state index < -0.39 is 78.4 Å². The molecule has 6 amide bonds. The highest BCUT2D eigenvalue weighted by Crippen LogP contribution is 2.32. The van der Waals surface area contributed by atoms with Crippen LogP contribution in [0.3, 0.4) is 0 Å². The van der Waals surface area contributed by atoms with E-state index in [9.17, 15) is 51.5 Å². The molecule has 1 heterocycles. The molecule has 0 aromatic heterocycles. The largest absolute Gasteiger partial charge is 0.497 e. The molecule has 0 radical (unpaired) electrons. The fourth-order valence-corrected chi connectivity index (χ4v) is 8.59. The number of nitrogens with two attached hydrogens (primary N) is 1. The molecule has 1 aliphatic heterocycles. The molecule has 0 unspecified atom stereocenters. The molecule has 2 aliphatic rings. The molecule has 0 saturated carbocycles. The number of hydrogen-bond acceptors (Lipinski definition) is 13. The number of halogens is 3. The minimum absolute atomic E-state index is 0.00772. The topological polar surface area (TPSA) is 285 Å². The van der Waals surface area contributed by atoms with E-state index in [1.165, 1.54) is 30.5 Å². The Labute approximate surface area is 418 Å². The number of likely N-dealkylation sites (tertiary alicyclic amines) is 1. The molecule has 5 rings (SSSR count). The highest BCUT2D eigenvalue weighted by atomic mass is 32.2. The van der Waals surface area contributed by atoms with Crippen LogP contribution in [-0.4, -0.2) is 138 Å². The minimum atomic E-state index is -5.08. The van der Waals surface area contributed by atoms with Crippen LogP contribution in [0.15, 0.2) is 66.7 Å². The SMILES string of the molecule is COc1ccc(CSC[C@H](NC(=O)[C@H](C)NC(=O)[C@H](C)N)C(=O)NCC(=O)N[C@@H](CC(C)C)C(=O)N2CCC[C@H]2C(=O)NCCCNc2cccc3c2C(=O)c2ccccc2C3=O)cc1.O=C(O)C(F)(F)F. The first-order valence-corrected chi connectivity index (χ1v) is 24.3. The number of thioether (sulfide) groups is 1. The van der Waals surface area contributed by atoms with Crippen molar-refractivity contribution < 1.29 is 66.2 Å². The summed E-state index contributed by atoms with van der Waals surface area (Å²) in [6.07, 6.45) is -3.28. The number of ketones is 2. The van der Waals surface area contributed by atoms with Gasteiger partial charge in [0.1, 0.15) is 29.9 Å². The Kier molecular flexibility index (Phi) is 21.6. The quantitative estimate of drug-likeness (QED) is 0.0526. The molecule has 72 heavy (non-hydrogen) atoms. The van der Waals surface area contributed by atoms with Crippen LogP contribution in [0.2, 0.25) is 0 Å². The van der Waals surface area contributed by atoms with Crippen LogP contribution in [0.25, 0.3) is 0 Å². The van der Waals surface area contributed by atoms with E-state index in [4.69, 9.17) is 20.4 Å². The lowest BCUT2D eigenvalue weighted by atomic mass is 9.83. The van der Waals surface area contributed by atoms with Gasteiger partial charge in [0.25, 0.3) is 0 Å². The first kappa shape index (κ1) is 57.6. The number of benzene rings is 3. The molecule has 9 N–H and O–H groups in total. The molecule has 1 aliphatic carbocycles. The van der Waals surface area contributed by atoms with Gasteiger partial charge in [0.15, 0.2) is 11.6 Å². The van der Waals surface area contributed by atoms with E-state index in [0.717, 1.165) is 5.56 Å². The number of nitrogens with zero attached hydrogens (tertiary/aromatic N) is 1. The Bertz CT molecular complexity index is 2460. The standard InChI is InChI=1S/C47H60N8O9S.C2HF3O2/c1-27(2)23-36(53-39(56)24-51-45(61)37(54-44(60)29(4)52-43(59)28(3)48)26-65-25-30-16-18-31(64-5)19-17-30)47(63)55-22-9-15-38(55)46(62)50-21-10-20-49-35-14-8-13-34-40(35)42(58)33-12-7-6-11-32(33)41(34)57;3-2(4,5)1(6)7/h6-8,11-14,16-19,27-29,36-38,49H,9-10,15,20-26,48H2,1-5H3,(H,50,62)(H,51,61)(H,52,59)(H,53,56)(H,54,60);(H,6,7)/t28-,29-,36-,37-,38-;/m0./s1. The minimum Gasteiger partial charge on any atom is -0.497 e. The van der Waals surface area contributed by atoms with Gasteiger partial charge < -0.3 is 52.4 Å². The summed E-state index contributed by atoms with van der Waals surface area (Å²) in [5.74, 6) is -5.03. The van der Waals surface area contributed by atoms with Crippen molar-refractivity contribution in [2.45, 2.75) is 95.5 Å². The molecule has 5 atom stereocenters. The fraction of sp³-hybridized carbons (Fsp3) is 0.449. The van der Waals surface area contributed by atoms with Gasteiger partial charge in [-0.25, -0.2) is 4.79 Å². The maximum Gasteiger partial charge on any atom is 0.490 e. The predicted molar refractivity (Wildman–Crippen MR) is 261 cm³/mol. The fourth-order valence-electron chi connectivity index (χ4n) is 7.57. The molecule has 19 nitrogen and oxygen atoms in total. The van der Waals surface area contributed by atoms with Gasteiger partial charge in [-0.3, -0.25) is 38.4 Å². The van der Waals surface area contributed by atoms with Crippen LogP contribution in [0, 0.1) is 5.92 Å². The monoisotopic (exact) mass is 1030 g/mol. The second-order valence-electron chi connectivity index (χ2n) is 17.4. The van der Waals surface area contributed by atoms with Crippen LogP contribution < -0.4 is 42.4 Å². The summed E-state index contributed by atoms with van der Waals surface area (Å²) in [4.78, 5) is 116. The zero-order chi connectivity index (χ0) is 53.3. The Morgan fingerprint density at radius 3 is 2.06 bits per heavy atom. The van der Waals surface area contributed by atoms with E-state index in [-0.39, 0.29) is 42.1 Å². The van der Waals surface area contributed by atoms with Crippen LogP contribution in [0.4, 0.5) is 18.9 Å². The number of amides is 6. The van der Waals surface area contributed by atoms with Gasteiger partial charge in [-0.15, -0.1) is 0 Å². The normalized spacial score (nSPS) is 15.5. The van der Waals surface area contributed by atoms with E-state index in [2.05, 4.69) is 31.9 Å². The van der Waals surface area contributed by atoms with Crippen molar-refractivity contribution in [2.75, 3.05) is 44.4 Å². The second kappa shape index (κ2) is 27.0. The van der Waals surface area contributed by atoms with Crippen molar-refractivity contribution in [3.8, 4) is 5.75 Å². The summed E-state index contributed by atoms with van der Waals surface area (Å²) in [5, 5.41) is 23.8. The van der Waals surface area contributed by atoms with Gasteiger partial charge in [-0.1, -0.05) is 62.4 Å². The summed E-state index contributed by atoms with van der Waals surface area (Å²) in [6, 6.07) is 14.6. The number of nitrogens with one attached hydrogen (secondary N) is 6. The van der Waals surface area contributed by atoms with Crippen molar-refractivity contribution >= 4 is 70.4 Å². The van der Waals surface area contributed by atoms with Crippen LogP contribution in [0.1, 0.15) is 90.8 Å². The zero-order valence-corrected chi connectivity index (χ0v) is 41.3. The van der Waals surface area contributed by atoms with Crippen molar-refractivity contribution in [3.63, 3.8) is 0 Å². The summed E-state index contributed by atoms with van der Waals surface area (Å²) in [6.45, 7) is 7.27. The molecule has 0 bridgehead atoms. The third kappa shape index (κ3) is 16.5. The van der Waals surface area contributed by atoms with Crippen molar-refractivity contribution in [1.29, 1.82) is 0 Å². The number of rotatable bonds is 22. The van der Waals surface area contributed by atoms with E-state index >= 15 is 0 Å². The summed E-state index contributed by atoms with van der Waals surface area (Å²) < 4.78 is 37.0. The molecule has 0 spiro atoms. The number of hydrogen-bond donors (Lipinski definition) is 8. The Hall–Kier alpha value is -7.01. The van der Waals surface area contributed by atoms with Crippen LogP contribution in [0.5, 0.6) is 5.75 Å². The van der Waals surface area contributed by atoms with Crippen molar-refractivity contribution in [3.05, 3.63) is 94.5 Å². The Morgan fingerprint density at radius 2 is 1.44 bits per heavy atom. The molecule has 1 fully saturated rings. The summed E-state index contributed by atoms with van der Waals surface area (Å²) in [7, 11) is 1.57. The van der Waals surface area contributed by atoms with Gasteiger partial charge in [0.2, 0.25) is 35.4 Å². The lowest BCUT2D eigenvalue weighted by Gasteiger charge is -2.29. The number of carbonyl (C=O) groups excluding carboxylic acids is 8. The highest BCUT2D eigenvalue weighted by molar-refractivity contribution is 7.98. The van der Waals surface area contributed by atoms with Crippen LogP contribution in [-0.2, 0) is 39.3 Å². The van der Waals surface area contributed by atoms with Crippen molar-refractivity contribution in [2.24, 2.45) is 11.7 Å². The average molecular weight is 1030 g/mol. The number of carboxylic acids is 1. The average Bonchev–Trinajstić information content (AvgIpc) is 3.84. The number of methoxy groups -OCH3 is 1. The van der Waals surface area contributed by atoms with Crippen molar-refractivity contribution in [1.82, 2.24) is 31.5 Å². The first-order chi connectivity index (χ1) is 34.0. The lowest BCUT2D eigenvalue weighted by Crippen LogP contribution is -2.57. The molecular weight excluding hydrogens is 966 g/mol. The lowest BCUT2D eigenvalue weighted by molar-refractivity contribution is -0.192. The first-order valence-electron chi connectivity index (χ1n) is 23.1. The number of anilines is 1. The number of ether oxygens (including phenoxy) is 1. The van der Waals surface area contributed by atoms with Gasteiger partial charge in [0.05, 0.1) is 25.3 Å². The number of carboxylic acid groups (broad SMARTS) is 1. The third-order valence-corrected chi connectivity index (χ3v) is 12.4. The molecule has 3 aromatic carbocycles. The maximum absolute atomic E-state index is 14.0. The maximum atomic E-state index is 14.0. The predicted octanol–water partition coefficient (Wildman–Crippen LogP) is 2.93. The van der Waals surface area contributed by atoms with E-state index in [1.54, 1.807) is 49.6 Å². The number of alkyl halides is 3. The summed E-state index contributed by atoms with van der Waals surface area (Å²) >= 11 is 1.38. The molecule has 1 saturated heterocycles. The molecule has 3 aromatic rings. The summed E-state index contributed by atoms with van der Waals surface area (Å²) in [5.41, 5.74) is 8.53. The smallest absolute Gasteiger partial charge is 0.490 e. The Balaban J connectivity index is 0.00000149. The van der Waals surface area contributed by atoms with Gasteiger partial charge >= 0.3 is 12.1 Å². The van der Waals surface area contributed by atoms with Gasteiger partial charge in [-0.2, -0.15) is 24.9 Å². The number of aliphatic carboxylic acids is 1. The zero-order valence-electron chi connectivity index (χ0n) is 40.5. The third-order valence-electron chi connectivity index (χ3n) is 11.3. The molecular formula is C49H61F3N8O11S. The number of carbonyl (C=O) groups is 9. The van der Waals surface area contributed by atoms with Crippen LogP contribution >= 0.6 is 11.8 Å². The van der Waals surface area contributed by atoms with Gasteiger partial charge in [-0.05, 0) is 69.2 Å². The van der Waals surface area contributed by atoms with E-state index in [1.807, 2.05) is 38.1 Å². The molecule has 23 heteroatoms. The highest BCUT2D eigenvalue weighted by Gasteiger charge is 2.39. The Morgan fingerprint density at radius 1 is 0.806 bits per heavy atom. The van der Waals surface area contributed by atoms with Gasteiger partial charge in [0, 0.05) is 53.5 Å². The second-order valence-corrected chi connectivity index (χ2v) is 18.4.